The molecule has 1 fully saturated rings. The van der Waals surface area contributed by atoms with Gasteiger partial charge in [-0.3, -0.25) is 0 Å². The number of rotatable bonds is 2. The molecule has 0 radical (unpaired) electrons. The fraction of sp³-hybridized carbons (Fsp3) is 0.600. The molecular weight excluding hydrogens is 254 g/mol. The standard InChI is InChI=1S/C15H23N3S/c1-11-10-12(2)17-15(13(11)14(16)19)18-8-6-4-3-5-7-9-18/h10H,3-9H2,1-2H3,(H2,16,19). The van der Waals surface area contributed by atoms with Gasteiger partial charge in [0.1, 0.15) is 10.8 Å². The molecule has 4 heteroatoms. The van der Waals surface area contributed by atoms with Crippen LogP contribution in [0.2, 0.25) is 0 Å². The van der Waals surface area contributed by atoms with Crippen molar-refractivity contribution in [3.63, 3.8) is 0 Å². The number of hydrogen-bond acceptors (Lipinski definition) is 3. The number of anilines is 1. The summed E-state index contributed by atoms with van der Waals surface area (Å²) in [5, 5.41) is 0. The summed E-state index contributed by atoms with van der Waals surface area (Å²) in [6, 6.07) is 2.06. The fourth-order valence-electron chi connectivity index (χ4n) is 2.81. The number of aromatic nitrogens is 1. The first kappa shape index (κ1) is 14.3. The van der Waals surface area contributed by atoms with E-state index in [1.807, 2.05) is 6.92 Å². The van der Waals surface area contributed by atoms with Crippen molar-refractivity contribution in [2.75, 3.05) is 18.0 Å². The van der Waals surface area contributed by atoms with Gasteiger partial charge in [0, 0.05) is 18.8 Å². The van der Waals surface area contributed by atoms with Crippen molar-refractivity contribution in [1.29, 1.82) is 0 Å². The first-order valence-electron chi connectivity index (χ1n) is 7.12. The van der Waals surface area contributed by atoms with Crippen LogP contribution in [-0.4, -0.2) is 23.1 Å². The molecule has 1 saturated heterocycles. The second kappa shape index (κ2) is 6.33. The van der Waals surface area contributed by atoms with Crippen LogP contribution in [0.5, 0.6) is 0 Å². The Hall–Kier alpha value is -1.16. The molecule has 2 heterocycles. The molecular formula is C15H23N3S. The third-order valence-corrected chi connectivity index (χ3v) is 3.93. The number of nitrogens with zero attached hydrogens (tertiary/aromatic N) is 2. The van der Waals surface area contributed by atoms with Crippen molar-refractivity contribution in [2.24, 2.45) is 5.73 Å². The van der Waals surface area contributed by atoms with E-state index in [2.05, 4.69) is 17.9 Å². The van der Waals surface area contributed by atoms with Crippen LogP contribution in [0.4, 0.5) is 5.82 Å². The minimum atomic E-state index is 0.460. The summed E-state index contributed by atoms with van der Waals surface area (Å²) in [4.78, 5) is 7.54. The van der Waals surface area contributed by atoms with Crippen LogP contribution in [0, 0.1) is 13.8 Å². The first-order valence-corrected chi connectivity index (χ1v) is 7.53. The van der Waals surface area contributed by atoms with Gasteiger partial charge < -0.3 is 10.6 Å². The van der Waals surface area contributed by atoms with E-state index in [-0.39, 0.29) is 0 Å². The molecule has 3 nitrogen and oxygen atoms in total. The molecule has 0 unspecified atom stereocenters. The van der Waals surface area contributed by atoms with Crippen LogP contribution in [-0.2, 0) is 0 Å². The third-order valence-electron chi connectivity index (χ3n) is 3.73. The van der Waals surface area contributed by atoms with Crippen LogP contribution in [0.25, 0.3) is 0 Å². The van der Waals surface area contributed by atoms with Gasteiger partial charge in [-0.1, -0.05) is 31.5 Å². The predicted molar refractivity (Wildman–Crippen MR) is 84.9 cm³/mol. The second-order valence-corrected chi connectivity index (χ2v) is 5.84. The smallest absolute Gasteiger partial charge is 0.139 e. The summed E-state index contributed by atoms with van der Waals surface area (Å²) >= 11 is 5.22. The van der Waals surface area contributed by atoms with Crippen molar-refractivity contribution >= 4 is 23.0 Å². The Morgan fingerprint density at radius 1 is 1.16 bits per heavy atom. The SMILES string of the molecule is Cc1cc(C)c(C(N)=S)c(N2CCCCCCC2)n1. The van der Waals surface area contributed by atoms with Gasteiger partial charge in [-0.15, -0.1) is 0 Å². The monoisotopic (exact) mass is 277 g/mol. The molecule has 1 aliphatic rings. The molecule has 0 saturated carbocycles. The predicted octanol–water partition coefficient (Wildman–Crippen LogP) is 3.10. The molecule has 1 aromatic heterocycles. The van der Waals surface area contributed by atoms with E-state index in [9.17, 15) is 0 Å². The molecule has 0 atom stereocenters. The van der Waals surface area contributed by atoms with Gasteiger partial charge in [0.15, 0.2) is 0 Å². The van der Waals surface area contributed by atoms with Gasteiger partial charge in [0.05, 0.1) is 5.56 Å². The van der Waals surface area contributed by atoms with Crippen molar-refractivity contribution in [3.8, 4) is 0 Å². The van der Waals surface area contributed by atoms with Crippen LogP contribution >= 0.6 is 12.2 Å². The summed E-state index contributed by atoms with van der Waals surface area (Å²) in [7, 11) is 0. The van der Waals surface area contributed by atoms with E-state index in [4.69, 9.17) is 22.9 Å². The molecule has 0 bridgehead atoms. The average Bonchev–Trinajstić information content (AvgIpc) is 2.26. The highest BCUT2D eigenvalue weighted by atomic mass is 32.1. The van der Waals surface area contributed by atoms with Gasteiger partial charge >= 0.3 is 0 Å². The fourth-order valence-corrected chi connectivity index (χ4v) is 3.06. The normalized spacial score (nSPS) is 16.8. The van der Waals surface area contributed by atoms with Crippen LogP contribution in [0.15, 0.2) is 6.07 Å². The zero-order chi connectivity index (χ0) is 13.8. The topological polar surface area (TPSA) is 42.1 Å². The van der Waals surface area contributed by atoms with Crippen LogP contribution in [0.3, 0.4) is 0 Å². The largest absolute Gasteiger partial charge is 0.389 e. The van der Waals surface area contributed by atoms with Crippen molar-refractivity contribution < 1.29 is 0 Å². The molecule has 1 aliphatic heterocycles. The Labute approximate surface area is 121 Å². The van der Waals surface area contributed by atoms with Gasteiger partial charge in [-0.25, -0.2) is 4.98 Å². The molecule has 2 N–H and O–H groups in total. The molecule has 19 heavy (non-hydrogen) atoms. The quantitative estimate of drug-likeness (QED) is 0.844. The highest BCUT2D eigenvalue weighted by Crippen LogP contribution is 2.25. The Kier molecular flexibility index (Phi) is 4.75. The van der Waals surface area contributed by atoms with Crippen LogP contribution < -0.4 is 10.6 Å². The molecule has 0 spiro atoms. The van der Waals surface area contributed by atoms with E-state index in [1.165, 1.54) is 32.1 Å². The molecule has 0 aliphatic carbocycles. The lowest BCUT2D eigenvalue weighted by atomic mass is 10.1. The van der Waals surface area contributed by atoms with Gasteiger partial charge in [-0.05, 0) is 38.3 Å². The lowest BCUT2D eigenvalue weighted by molar-refractivity contribution is 0.553. The molecule has 1 aromatic rings. The summed E-state index contributed by atoms with van der Waals surface area (Å²) in [6.45, 7) is 6.22. The molecule has 2 rings (SSSR count). The second-order valence-electron chi connectivity index (χ2n) is 5.40. The minimum absolute atomic E-state index is 0.460. The van der Waals surface area contributed by atoms with E-state index in [0.29, 0.717) is 4.99 Å². The van der Waals surface area contributed by atoms with Crippen molar-refractivity contribution in [3.05, 3.63) is 22.9 Å². The maximum absolute atomic E-state index is 5.91. The summed E-state index contributed by atoms with van der Waals surface area (Å²) in [5.41, 5.74) is 9.04. The molecule has 104 valence electrons. The number of hydrogen-bond donors (Lipinski definition) is 1. The Morgan fingerprint density at radius 3 is 2.32 bits per heavy atom. The summed E-state index contributed by atoms with van der Waals surface area (Å²) in [5.74, 6) is 0.993. The van der Waals surface area contributed by atoms with Gasteiger partial charge in [0.25, 0.3) is 0 Å². The number of thiocarbonyl (C=S) groups is 1. The van der Waals surface area contributed by atoms with E-state index in [0.717, 1.165) is 35.7 Å². The maximum atomic E-state index is 5.91. The number of nitrogens with two attached hydrogens (primary N) is 1. The lowest BCUT2D eigenvalue weighted by Gasteiger charge is -2.28. The maximum Gasteiger partial charge on any atom is 0.139 e. The zero-order valence-corrected chi connectivity index (χ0v) is 12.7. The third kappa shape index (κ3) is 3.44. The van der Waals surface area contributed by atoms with Gasteiger partial charge in [0.2, 0.25) is 0 Å². The molecule has 0 aromatic carbocycles. The van der Waals surface area contributed by atoms with Crippen molar-refractivity contribution in [2.45, 2.75) is 46.0 Å². The Bertz CT molecular complexity index is 463. The number of aryl methyl sites for hydroxylation is 2. The van der Waals surface area contributed by atoms with E-state index >= 15 is 0 Å². The van der Waals surface area contributed by atoms with E-state index in [1.54, 1.807) is 0 Å². The average molecular weight is 277 g/mol. The lowest BCUT2D eigenvalue weighted by Crippen LogP contribution is -2.31. The van der Waals surface area contributed by atoms with Crippen LogP contribution in [0.1, 0.15) is 48.9 Å². The van der Waals surface area contributed by atoms with Gasteiger partial charge in [-0.2, -0.15) is 0 Å². The minimum Gasteiger partial charge on any atom is -0.389 e. The van der Waals surface area contributed by atoms with E-state index < -0.39 is 0 Å². The Balaban J connectivity index is 2.38. The summed E-state index contributed by atoms with van der Waals surface area (Å²) in [6.07, 6.45) is 6.43. The first-order chi connectivity index (χ1) is 9.09. The summed E-state index contributed by atoms with van der Waals surface area (Å²) < 4.78 is 0. The van der Waals surface area contributed by atoms with Crippen molar-refractivity contribution in [1.82, 2.24) is 4.98 Å². The highest BCUT2D eigenvalue weighted by Gasteiger charge is 2.18. The Morgan fingerprint density at radius 2 is 1.74 bits per heavy atom. The molecule has 0 amide bonds. The highest BCUT2D eigenvalue weighted by molar-refractivity contribution is 7.80. The number of pyridine rings is 1. The zero-order valence-electron chi connectivity index (χ0n) is 11.9.